The van der Waals surface area contributed by atoms with Crippen LogP contribution in [-0.4, -0.2) is 24.8 Å². The maximum absolute atomic E-state index is 11.2. The zero-order chi connectivity index (χ0) is 11.3. The molecule has 0 fully saturated rings. The molecule has 0 aromatic carbocycles. The van der Waals surface area contributed by atoms with Gasteiger partial charge in [-0.2, -0.15) is 0 Å². The van der Waals surface area contributed by atoms with Crippen LogP contribution in [0.2, 0.25) is 0 Å². The fourth-order valence-electron chi connectivity index (χ4n) is 1.38. The van der Waals surface area contributed by atoms with Gasteiger partial charge in [0.05, 0.1) is 6.10 Å². The van der Waals surface area contributed by atoms with Gasteiger partial charge in [0.15, 0.2) is 0 Å². The molecule has 0 aliphatic carbocycles. The molecular weight excluding hydrogens is 180 g/mol. The number of methoxy groups -OCH3 is 1. The largest absolute Gasteiger partial charge is 0.376 e. The zero-order valence-electron chi connectivity index (χ0n) is 9.46. The SMILES string of the molecule is COC(C=C(C)C)C(C(C)=O)C(C)=O. The van der Waals surface area contributed by atoms with Gasteiger partial charge >= 0.3 is 0 Å². The maximum Gasteiger partial charge on any atom is 0.143 e. The van der Waals surface area contributed by atoms with Gasteiger partial charge in [0.1, 0.15) is 17.5 Å². The smallest absolute Gasteiger partial charge is 0.143 e. The van der Waals surface area contributed by atoms with Crippen LogP contribution < -0.4 is 0 Å². The van der Waals surface area contributed by atoms with E-state index < -0.39 is 12.0 Å². The van der Waals surface area contributed by atoms with E-state index in [9.17, 15) is 9.59 Å². The van der Waals surface area contributed by atoms with E-state index in [0.717, 1.165) is 5.57 Å². The molecular formula is C11H18O3. The van der Waals surface area contributed by atoms with Crippen LogP contribution in [0.3, 0.4) is 0 Å². The number of carbonyl (C=O) groups excluding carboxylic acids is 2. The number of rotatable bonds is 5. The van der Waals surface area contributed by atoms with E-state index in [0.29, 0.717) is 0 Å². The first-order valence-electron chi connectivity index (χ1n) is 4.58. The van der Waals surface area contributed by atoms with Crippen LogP contribution in [0.25, 0.3) is 0 Å². The highest BCUT2D eigenvalue weighted by molar-refractivity contribution is 6.01. The van der Waals surface area contributed by atoms with E-state index in [1.165, 1.54) is 21.0 Å². The summed E-state index contributed by atoms with van der Waals surface area (Å²) in [7, 11) is 1.50. The van der Waals surface area contributed by atoms with Gasteiger partial charge in [0.25, 0.3) is 0 Å². The second kappa shape index (κ2) is 5.70. The van der Waals surface area contributed by atoms with Crippen molar-refractivity contribution in [3.05, 3.63) is 11.6 Å². The molecule has 0 saturated heterocycles. The number of Topliss-reactive ketones (excluding diaryl/α,β-unsaturated/α-hetero) is 2. The standard InChI is InChI=1S/C11H18O3/c1-7(2)6-10(14-5)11(8(3)12)9(4)13/h6,10-11H,1-5H3. The summed E-state index contributed by atoms with van der Waals surface area (Å²) in [6.45, 7) is 6.64. The summed E-state index contributed by atoms with van der Waals surface area (Å²) in [6.07, 6.45) is 1.36. The minimum Gasteiger partial charge on any atom is -0.376 e. The lowest BCUT2D eigenvalue weighted by molar-refractivity contribution is -0.134. The third kappa shape index (κ3) is 3.83. The summed E-state index contributed by atoms with van der Waals surface area (Å²) in [6, 6.07) is 0. The molecule has 3 heteroatoms. The third-order valence-electron chi connectivity index (χ3n) is 1.97. The molecule has 0 bridgehead atoms. The van der Waals surface area contributed by atoms with Gasteiger partial charge in [-0.05, 0) is 27.7 Å². The lowest BCUT2D eigenvalue weighted by Crippen LogP contribution is -2.32. The van der Waals surface area contributed by atoms with E-state index in [1.54, 1.807) is 6.08 Å². The number of ether oxygens (including phenoxy) is 1. The number of allylic oxidation sites excluding steroid dienone is 1. The van der Waals surface area contributed by atoms with Crippen molar-refractivity contribution in [1.29, 1.82) is 0 Å². The summed E-state index contributed by atoms with van der Waals surface area (Å²) in [5.74, 6) is -0.974. The molecule has 0 aromatic heterocycles. The number of carbonyl (C=O) groups is 2. The fourth-order valence-corrected chi connectivity index (χ4v) is 1.38. The Morgan fingerprint density at radius 2 is 1.50 bits per heavy atom. The first-order chi connectivity index (χ1) is 6.40. The molecule has 1 atom stereocenters. The summed E-state index contributed by atoms with van der Waals surface area (Å²) in [5, 5.41) is 0. The molecule has 0 aromatic rings. The Morgan fingerprint density at radius 1 is 1.07 bits per heavy atom. The summed E-state index contributed by atoms with van der Waals surface area (Å²) < 4.78 is 5.13. The first-order valence-corrected chi connectivity index (χ1v) is 4.58. The van der Waals surface area contributed by atoms with Gasteiger partial charge in [0, 0.05) is 7.11 Å². The van der Waals surface area contributed by atoms with Crippen LogP contribution in [-0.2, 0) is 14.3 Å². The molecule has 0 amide bonds. The van der Waals surface area contributed by atoms with Crippen LogP contribution in [0.15, 0.2) is 11.6 Å². The van der Waals surface area contributed by atoms with Crippen molar-refractivity contribution in [2.75, 3.05) is 7.11 Å². The molecule has 80 valence electrons. The van der Waals surface area contributed by atoms with Crippen molar-refractivity contribution in [3.63, 3.8) is 0 Å². The minimum atomic E-state index is -0.671. The van der Waals surface area contributed by atoms with E-state index in [-0.39, 0.29) is 11.6 Å². The fraction of sp³-hybridized carbons (Fsp3) is 0.636. The predicted molar refractivity (Wildman–Crippen MR) is 55.1 cm³/mol. The molecule has 1 unspecified atom stereocenters. The Labute approximate surface area is 85.1 Å². The van der Waals surface area contributed by atoms with Gasteiger partial charge in [-0.3, -0.25) is 9.59 Å². The Morgan fingerprint density at radius 3 is 1.71 bits per heavy atom. The molecule has 0 spiro atoms. The summed E-state index contributed by atoms with van der Waals surface area (Å²) >= 11 is 0. The van der Waals surface area contributed by atoms with Crippen LogP contribution >= 0.6 is 0 Å². The molecule has 0 saturated carbocycles. The highest BCUT2D eigenvalue weighted by Crippen LogP contribution is 2.13. The van der Waals surface area contributed by atoms with Crippen molar-refractivity contribution in [2.24, 2.45) is 5.92 Å². The number of ketones is 2. The highest BCUT2D eigenvalue weighted by Gasteiger charge is 2.27. The van der Waals surface area contributed by atoms with Gasteiger partial charge in [-0.1, -0.05) is 11.6 Å². The summed E-state index contributed by atoms with van der Waals surface area (Å²) in [4.78, 5) is 22.5. The van der Waals surface area contributed by atoms with Crippen LogP contribution in [0.5, 0.6) is 0 Å². The second-order valence-corrected chi connectivity index (χ2v) is 3.64. The van der Waals surface area contributed by atoms with E-state index in [4.69, 9.17) is 4.74 Å². The summed E-state index contributed by atoms with van der Waals surface area (Å²) in [5.41, 5.74) is 1.03. The molecule has 0 heterocycles. The van der Waals surface area contributed by atoms with Gasteiger partial charge in [-0.15, -0.1) is 0 Å². The Bertz CT molecular complexity index is 235. The lowest BCUT2D eigenvalue weighted by atomic mass is 9.93. The number of hydrogen-bond donors (Lipinski definition) is 0. The maximum atomic E-state index is 11.2. The van der Waals surface area contributed by atoms with Crippen LogP contribution in [0.4, 0.5) is 0 Å². The highest BCUT2D eigenvalue weighted by atomic mass is 16.5. The monoisotopic (exact) mass is 198 g/mol. The van der Waals surface area contributed by atoms with Crippen molar-refractivity contribution < 1.29 is 14.3 Å². The first kappa shape index (κ1) is 13.0. The molecule has 0 aliphatic heterocycles. The predicted octanol–water partition coefficient (Wildman–Crippen LogP) is 1.76. The average molecular weight is 198 g/mol. The molecule has 0 rings (SSSR count). The molecule has 3 nitrogen and oxygen atoms in total. The molecule has 0 N–H and O–H groups in total. The Hall–Kier alpha value is -0.960. The van der Waals surface area contributed by atoms with Gasteiger partial charge < -0.3 is 4.74 Å². The molecule has 0 radical (unpaired) electrons. The van der Waals surface area contributed by atoms with E-state index in [1.807, 2.05) is 13.8 Å². The number of hydrogen-bond acceptors (Lipinski definition) is 3. The van der Waals surface area contributed by atoms with Crippen molar-refractivity contribution in [3.8, 4) is 0 Å². The van der Waals surface area contributed by atoms with Crippen LogP contribution in [0.1, 0.15) is 27.7 Å². The lowest BCUT2D eigenvalue weighted by Gasteiger charge is -2.18. The average Bonchev–Trinajstić information content (AvgIpc) is 2.00. The zero-order valence-corrected chi connectivity index (χ0v) is 9.46. The molecule has 0 aliphatic rings. The Kier molecular flexibility index (Phi) is 5.31. The van der Waals surface area contributed by atoms with E-state index in [2.05, 4.69) is 0 Å². The van der Waals surface area contributed by atoms with E-state index >= 15 is 0 Å². The Balaban J connectivity index is 4.86. The quantitative estimate of drug-likeness (QED) is 0.499. The van der Waals surface area contributed by atoms with Crippen molar-refractivity contribution >= 4 is 11.6 Å². The van der Waals surface area contributed by atoms with Crippen LogP contribution in [0, 0.1) is 5.92 Å². The van der Waals surface area contributed by atoms with Crippen molar-refractivity contribution in [1.82, 2.24) is 0 Å². The normalized spacial score (nSPS) is 12.4. The van der Waals surface area contributed by atoms with Gasteiger partial charge in [-0.25, -0.2) is 0 Å². The molecule has 14 heavy (non-hydrogen) atoms. The third-order valence-corrected chi connectivity index (χ3v) is 1.97. The van der Waals surface area contributed by atoms with Crippen molar-refractivity contribution in [2.45, 2.75) is 33.8 Å². The second-order valence-electron chi connectivity index (χ2n) is 3.64. The minimum absolute atomic E-state index is 0.151. The topological polar surface area (TPSA) is 43.4 Å². The van der Waals surface area contributed by atoms with Gasteiger partial charge in [0.2, 0.25) is 0 Å².